The number of fused-ring (bicyclic) bond motifs is 1. The number of sulfone groups is 1. The average Bonchev–Trinajstić information content (AvgIpc) is 3.31. The van der Waals surface area contributed by atoms with E-state index in [4.69, 9.17) is 0 Å². The Labute approximate surface area is 120 Å². The van der Waals surface area contributed by atoms with Crippen LogP contribution in [0.2, 0.25) is 0 Å². The molecule has 1 unspecified atom stereocenters. The minimum atomic E-state index is -3.06. The quantitative estimate of drug-likeness (QED) is 0.927. The van der Waals surface area contributed by atoms with Gasteiger partial charge in [0.05, 0.1) is 10.6 Å². The maximum Gasteiger partial charge on any atom is 0.178 e. The van der Waals surface area contributed by atoms with E-state index in [0.29, 0.717) is 10.9 Å². The SMILES string of the molecule is O=S1(=O)CCC(NC(C2CC2)C2CC2)c2ccccc21. The molecule has 1 atom stereocenters. The van der Waals surface area contributed by atoms with Gasteiger partial charge in [0.2, 0.25) is 0 Å². The van der Waals surface area contributed by atoms with Gasteiger partial charge >= 0.3 is 0 Å². The highest BCUT2D eigenvalue weighted by Gasteiger charge is 2.43. The standard InChI is InChI=1S/C16H21NO2S/c18-20(19)10-9-14(13-3-1-2-4-15(13)20)17-16(11-5-6-11)12-7-8-12/h1-4,11-12,14,16-17H,5-10H2. The smallest absolute Gasteiger partial charge is 0.178 e. The van der Waals surface area contributed by atoms with E-state index in [2.05, 4.69) is 5.32 Å². The second kappa shape index (κ2) is 4.57. The first-order chi connectivity index (χ1) is 9.65. The zero-order valence-corrected chi connectivity index (χ0v) is 12.4. The van der Waals surface area contributed by atoms with Gasteiger partial charge in [0.25, 0.3) is 0 Å². The minimum Gasteiger partial charge on any atom is -0.307 e. The predicted molar refractivity (Wildman–Crippen MR) is 78.2 cm³/mol. The second-order valence-corrected chi connectivity index (χ2v) is 8.64. The molecule has 4 heteroatoms. The second-order valence-electron chi connectivity index (χ2n) is 6.57. The van der Waals surface area contributed by atoms with Crippen LogP contribution in [-0.4, -0.2) is 20.2 Å². The first kappa shape index (κ1) is 12.8. The lowest BCUT2D eigenvalue weighted by atomic mass is 9.99. The van der Waals surface area contributed by atoms with E-state index < -0.39 is 9.84 Å². The minimum absolute atomic E-state index is 0.223. The Bertz CT molecular complexity index is 605. The molecular weight excluding hydrogens is 270 g/mol. The van der Waals surface area contributed by atoms with Gasteiger partial charge < -0.3 is 5.32 Å². The molecular formula is C16H21NO2S. The van der Waals surface area contributed by atoms with Crippen LogP contribution in [0, 0.1) is 11.8 Å². The summed E-state index contributed by atoms with van der Waals surface area (Å²) in [6.45, 7) is 0. The molecule has 0 saturated heterocycles. The van der Waals surface area contributed by atoms with Crippen LogP contribution in [0.4, 0.5) is 0 Å². The fourth-order valence-corrected chi connectivity index (χ4v) is 5.18. The van der Waals surface area contributed by atoms with Crippen molar-refractivity contribution < 1.29 is 8.42 Å². The fraction of sp³-hybridized carbons (Fsp3) is 0.625. The Morgan fingerprint density at radius 3 is 2.30 bits per heavy atom. The van der Waals surface area contributed by atoms with Gasteiger partial charge in [-0.1, -0.05) is 18.2 Å². The van der Waals surface area contributed by atoms with Gasteiger partial charge in [-0.15, -0.1) is 0 Å². The van der Waals surface area contributed by atoms with Gasteiger partial charge in [-0.3, -0.25) is 0 Å². The molecule has 1 heterocycles. The summed E-state index contributed by atoms with van der Waals surface area (Å²) < 4.78 is 24.3. The Kier molecular flexibility index (Phi) is 2.93. The molecule has 3 aliphatic rings. The third-order valence-electron chi connectivity index (χ3n) is 4.96. The summed E-state index contributed by atoms with van der Waals surface area (Å²) in [6, 6.07) is 8.38. The fourth-order valence-electron chi connectivity index (χ4n) is 3.56. The van der Waals surface area contributed by atoms with Crippen molar-refractivity contribution in [2.24, 2.45) is 11.8 Å². The van der Waals surface area contributed by atoms with Crippen LogP contribution in [0.15, 0.2) is 29.2 Å². The Balaban J connectivity index is 1.62. The molecule has 4 rings (SSSR count). The van der Waals surface area contributed by atoms with E-state index in [1.54, 1.807) is 6.07 Å². The molecule has 108 valence electrons. The molecule has 1 aliphatic heterocycles. The van der Waals surface area contributed by atoms with Crippen molar-refractivity contribution in [3.63, 3.8) is 0 Å². The normalized spacial score (nSPS) is 28.4. The molecule has 0 aromatic heterocycles. The number of hydrogen-bond donors (Lipinski definition) is 1. The summed E-state index contributed by atoms with van der Waals surface area (Å²) in [4.78, 5) is 0.550. The lowest BCUT2D eigenvalue weighted by molar-refractivity contribution is 0.353. The van der Waals surface area contributed by atoms with Crippen molar-refractivity contribution in [3.05, 3.63) is 29.8 Å². The zero-order chi connectivity index (χ0) is 13.7. The summed E-state index contributed by atoms with van der Waals surface area (Å²) in [6.07, 6.45) is 6.11. The summed E-state index contributed by atoms with van der Waals surface area (Å²) in [7, 11) is -3.06. The number of nitrogens with one attached hydrogen (secondary N) is 1. The highest BCUT2D eigenvalue weighted by molar-refractivity contribution is 7.91. The van der Waals surface area contributed by atoms with Crippen molar-refractivity contribution in [3.8, 4) is 0 Å². The van der Waals surface area contributed by atoms with Crippen LogP contribution in [0.1, 0.15) is 43.7 Å². The maximum atomic E-state index is 12.2. The van der Waals surface area contributed by atoms with Crippen LogP contribution in [0.3, 0.4) is 0 Å². The average molecular weight is 291 g/mol. The van der Waals surface area contributed by atoms with Gasteiger partial charge in [-0.25, -0.2) is 8.42 Å². The first-order valence-corrected chi connectivity index (χ1v) is 9.38. The molecule has 1 N–H and O–H groups in total. The van der Waals surface area contributed by atoms with E-state index in [9.17, 15) is 8.42 Å². The Morgan fingerprint density at radius 2 is 1.65 bits per heavy atom. The molecule has 1 aromatic rings. The van der Waals surface area contributed by atoms with Crippen LogP contribution in [0.5, 0.6) is 0 Å². The molecule has 2 aliphatic carbocycles. The topological polar surface area (TPSA) is 46.2 Å². The summed E-state index contributed by atoms with van der Waals surface area (Å²) in [5.74, 6) is 1.96. The van der Waals surface area contributed by atoms with Gasteiger partial charge in [0, 0.05) is 12.1 Å². The monoisotopic (exact) mass is 291 g/mol. The molecule has 2 saturated carbocycles. The molecule has 20 heavy (non-hydrogen) atoms. The molecule has 1 aromatic carbocycles. The van der Waals surface area contributed by atoms with E-state index >= 15 is 0 Å². The van der Waals surface area contributed by atoms with Crippen molar-refractivity contribution in [1.82, 2.24) is 5.32 Å². The van der Waals surface area contributed by atoms with Gasteiger partial charge in [-0.2, -0.15) is 0 Å². The number of rotatable bonds is 4. The van der Waals surface area contributed by atoms with Crippen molar-refractivity contribution in [2.45, 2.75) is 49.1 Å². The summed E-state index contributed by atoms with van der Waals surface area (Å²) >= 11 is 0. The molecule has 0 radical (unpaired) electrons. The molecule has 0 bridgehead atoms. The largest absolute Gasteiger partial charge is 0.307 e. The van der Waals surface area contributed by atoms with Crippen molar-refractivity contribution in [1.29, 1.82) is 0 Å². The zero-order valence-electron chi connectivity index (χ0n) is 11.6. The van der Waals surface area contributed by atoms with Crippen LogP contribution < -0.4 is 5.32 Å². The van der Waals surface area contributed by atoms with Gasteiger partial charge in [0.1, 0.15) is 0 Å². The highest BCUT2D eigenvalue weighted by atomic mass is 32.2. The number of hydrogen-bond acceptors (Lipinski definition) is 3. The maximum absolute atomic E-state index is 12.2. The molecule has 3 nitrogen and oxygen atoms in total. The first-order valence-electron chi connectivity index (χ1n) is 7.73. The predicted octanol–water partition coefficient (Wildman–Crippen LogP) is 2.68. The lowest BCUT2D eigenvalue weighted by Gasteiger charge is -2.30. The molecule has 2 fully saturated rings. The van der Waals surface area contributed by atoms with Crippen molar-refractivity contribution >= 4 is 9.84 Å². The van der Waals surface area contributed by atoms with E-state index in [1.165, 1.54) is 25.7 Å². The van der Waals surface area contributed by atoms with E-state index in [1.807, 2.05) is 18.2 Å². The van der Waals surface area contributed by atoms with E-state index in [0.717, 1.165) is 23.8 Å². The number of benzene rings is 1. The van der Waals surface area contributed by atoms with Crippen LogP contribution in [0.25, 0.3) is 0 Å². The lowest BCUT2D eigenvalue weighted by Crippen LogP contribution is -2.39. The third-order valence-corrected chi connectivity index (χ3v) is 6.77. The third kappa shape index (κ3) is 2.29. The van der Waals surface area contributed by atoms with Gasteiger partial charge in [0.15, 0.2) is 9.84 Å². The van der Waals surface area contributed by atoms with Crippen LogP contribution >= 0.6 is 0 Å². The molecule has 0 amide bonds. The summed E-state index contributed by atoms with van der Waals surface area (Å²) in [5.41, 5.74) is 0.991. The van der Waals surface area contributed by atoms with Crippen LogP contribution in [-0.2, 0) is 9.84 Å². The molecule has 0 spiro atoms. The highest BCUT2D eigenvalue weighted by Crippen LogP contribution is 2.46. The van der Waals surface area contributed by atoms with E-state index in [-0.39, 0.29) is 11.8 Å². The Hall–Kier alpha value is -0.870. The van der Waals surface area contributed by atoms with Crippen molar-refractivity contribution in [2.75, 3.05) is 5.75 Å². The Morgan fingerprint density at radius 1 is 1.00 bits per heavy atom. The summed E-state index contributed by atoms with van der Waals surface area (Å²) in [5, 5.41) is 3.81. The van der Waals surface area contributed by atoms with Gasteiger partial charge in [-0.05, 0) is 55.6 Å².